The Morgan fingerprint density at radius 1 is 0.407 bits per heavy atom. The summed E-state index contributed by atoms with van der Waals surface area (Å²) in [4.78, 5) is 0. The molecule has 0 radical (unpaired) electrons. The van der Waals surface area contributed by atoms with E-state index in [1.165, 1.54) is 121 Å². The molecule has 0 aromatic heterocycles. The summed E-state index contributed by atoms with van der Waals surface area (Å²) in [6.07, 6.45) is 31.1. The third kappa shape index (κ3) is 17.5. The van der Waals surface area contributed by atoms with E-state index in [1.807, 2.05) is 0 Å². The van der Waals surface area contributed by atoms with Gasteiger partial charge in [-0.2, -0.15) is 0 Å². The number of unbranched alkanes of at least 4 members (excludes halogenated alkanes) is 15. The van der Waals surface area contributed by atoms with Crippen molar-refractivity contribution in [3.05, 3.63) is 0 Å². The first-order chi connectivity index (χ1) is 13.2. The summed E-state index contributed by atoms with van der Waals surface area (Å²) in [5, 5.41) is 1.37. The number of halogens is 1. The van der Waals surface area contributed by atoms with Crippen molar-refractivity contribution in [1.82, 2.24) is 0 Å². The summed E-state index contributed by atoms with van der Waals surface area (Å²) < 4.78 is 0. The van der Waals surface area contributed by atoms with Gasteiger partial charge in [-0.15, -0.1) is 0 Å². The van der Waals surface area contributed by atoms with E-state index in [9.17, 15) is 0 Å². The first-order valence-corrected chi connectivity index (χ1v) is 16.8. The van der Waals surface area contributed by atoms with Crippen LogP contribution >= 0.6 is 23.2 Å². The molecule has 0 fully saturated rings. The Balaban J connectivity index is 4.23. The van der Waals surface area contributed by atoms with Crippen molar-refractivity contribution in [2.24, 2.45) is 0 Å². The second-order valence-electron chi connectivity index (χ2n) is 9.19. The van der Waals surface area contributed by atoms with Crippen molar-refractivity contribution in [3.8, 4) is 0 Å². The molecule has 0 bridgehead atoms. The molecule has 0 aromatic rings. The number of hydrogen-bond acceptors (Lipinski definition) is 0. The Kier molecular flexibility index (Phi) is 22.3. The summed E-state index contributed by atoms with van der Waals surface area (Å²) in [5.41, 5.74) is 0. The maximum atomic E-state index is 4.02. The third-order valence-electron chi connectivity index (χ3n) is 6.47. The first kappa shape index (κ1) is 27.9. The molecule has 0 N–H and O–H groups in total. The second-order valence-corrected chi connectivity index (χ2v) is 15.6. The van der Waals surface area contributed by atoms with Gasteiger partial charge in [0.1, 0.15) is 0 Å². The van der Waals surface area contributed by atoms with Crippen LogP contribution in [0.4, 0.5) is 0 Å². The van der Waals surface area contributed by atoms with Crippen molar-refractivity contribution < 1.29 is 0 Å². The summed E-state index contributed by atoms with van der Waals surface area (Å²) >= 11 is 4.02. The molecule has 166 valence electrons. The van der Waals surface area contributed by atoms with Gasteiger partial charge in [0.05, 0.1) is 0 Å². The van der Waals surface area contributed by atoms with Crippen LogP contribution in [-0.2, 0) is 0 Å². The average Bonchev–Trinajstić information content (AvgIpc) is 2.69. The maximum absolute atomic E-state index is 4.02. The fraction of sp³-hybridized carbons (Fsp3) is 1.00. The molecule has 0 nitrogen and oxygen atoms in total. The first-order valence-electron chi connectivity index (χ1n) is 12.8. The Morgan fingerprint density at radius 3 is 0.926 bits per heavy atom. The molecule has 0 heterocycles. The number of rotatable bonds is 22. The van der Waals surface area contributed by atoms with Crippen LogP contribution < -0.4 is 0 Å². The summed E-state index contributed by atoms with van der Waals surface area (Å²) in [5.74, 6) is 0. The van der Waals surface area contributed by atoms with Crippen LogP contribution in [0, 0.1) is 0 Å². The van der Waals surface area contributed by atoms with Gasteiger partial charge in [-0.05, 0) is 0 Å². The molecule has 0 unspecified atom stereocenters. The van der Waals surface area contributed by atoms with Crippen molar-refractivity contribution in [2.75, 3.05) is 23.6 Å². The Morgan fingerprint density at radius 2 is 0.667 bits per heavy atom. The van der Waals surface area contributed by atoms with E-state index in [0.717, 1.165) is 0 Å². The van der Waals surface area contributed by atoms with Gasteiger partial charge in [0, 0.05) is 0 Å². The standard InChI is InChI=1S/C25H54BrP/c1-4-7-10-13-16-19-22-27(25-26,23-20-17-14-11-8-5-2)24-21-18-15-12-9-6-3/h27H,4-25H2,1-3H3. The van der Waals surface area contributed by atoms with Gasteiger partial charge >= 0.3 is 183 Å². The quantitative estimate of drug-likeness (QED) is 0.0847. The minimum atomic E-state index is -1.06. The van der Waals surface area contributed by atoms with Crippen LogP contribution in [0.25, 0.3) is 0 Å². The van der Waals surface area contributed by atoms with Crippen LogP contribution in [0.5, 0.6) is 0 Å². The van der Waals surface area contributed by atoms with Crippen molar-refractivity contribution in [3.63, 3.8) is 0 Å². The van der Waals surface area contributed by atoms with Crippen LogP contribution in [-0.4, -0.2) is 23.6 Å². The molecule has 0 saturated carbocycles. The van der Waals surface area contributed by atoms with E-state index in [0.29, 0.717) is 0 Å². The molecule has 0 atom stereocenters. The number of alkyl halides is 1. The van der Waals surface area contributed by atoms with Gasteiger partial charge in [0.2, 0.25) is 0 Å². The molecule has 0 aliphatic heterocycles. The Labute approximate surface area is 182 Å². The molecule has 2 heteroatoms. The van der Waals surface area contributed by atoms with E-state index >= 15 is 0 Å². The van der Waals surface area contributed by atoms with Gasteiger partial charge in [-0.3, -0.25) is 0 Å². The molecular formula is C25H54BrP. The molecule has 0 rings (SSSR count). The van der Waals surface area contributed by atoms with Gasteiger partial charge in [-0.25, -0.2) is 0 Å². The Hall–Kier alpha value is 0.910. The minimum absolute atomic E-state index is 1.06. The normalized spacial score (nSPS) is 12.6. The topological polar surface area (TPSA) is 0 Å². The predicted molar refractivity (Wildman–Crippen MR) is 137 cm³/mol. The molecular weight excluding hydrogens is 411 g/mol. The molecule has 0 saturated heterocycles. The zero-order chi connectivity index (χ0) is 20.1. The van der Waals surface area contributed by atoms with Crippen molar-refractivity contribution in [2.45, 2.75) is 136 Å². The fourth-order valence-corrected chi connectivity index (χ4v) is 11.1. The summed E-state index contributed by atoms with van der Waals surface area (Å²) in [7, 11) is -1.06. The Bertz CT molecular complexity index is 239. The average molecular weight is 466 g/mol. The van der Waals surface area contributed by atoms with Crippen LogP contribution in [0.2, 0.25) is 0 Å². The van der Waals surface area contributed by atoms with E-state index in [2.05, 4.69) is 36.7 Å². The van der Waals surface area contributed by atoms with Crippen molar-refractivity contribution in [1.29, 1.82) is 0 Å². The van der Waals surface area contributed by atoms with Gasteiger partial charge in [-0.1, -0.05) is 0 Å². The van der Waals surface area contributed by atoms with Crippen LogP contribution in [0.15, 0.2) is 0 Å². The fourth-order valence-electron chi connectivity index (χ4n) is 4.42. The molecule has 0 aromatic carbocycles. The van der Waals surface area contributed by atoms with E-state index in [-0.39, 0.29) is 0 Å². The molecule has 0 spiro atoms. The zero-order valence-electron chi connectivity index (χ0n) is 19.4. The SMILES string of the molecule is CCCCCCCC[PH](CBr)(CCCCCCCC)CCCCCCCC. The van der Waals surface area contributed by atoms with E-state index in [4.69, 9.17) is 0 Å². The van der Waals surface area contributed by atoms with Gasteiger partial charge < -0.3 is 0 Å². The molecule has 0 amide bonds. The predicted octanol–water partition coefficient (Wildman–Crippen LogP) is 10.2. The van der Waals surface area contributed by atoms with Crippen LogP contribution in [0.3, 0.4) is 0 Å². The second kappa shape index (κ2) is 21.6. The van der Waals surface area contributed by atoms with Crippen LogP contribution in [0.1, 0.15) is 136 Å². The number of hydrogen-bond donors (Lipinski definition) is 0. The van der Waals surface area contributed by atoms with E-state index < -0.39 is 7.26 Å². The summed E-state index contributed by atoms with van der Waals surface area (Å²) in [6, 6.07) is 0. The summed E-state index contributed by atoms with van der Waals surface area (Å²) in [6.45, 7) is 6.97. The van der Waals surface area contributed by atoms with Gasteiger partial charge in [0.15, 0.2) is 0 Å². The van der Waals surface area contributed by atoms with E-state index in [1.54, 1.807) is 18.5 Å². The monoisotopic (exact) mass is 464 g/mol. The van der Waals surface area contributed by atoms with Gasteiger partial charge in [0.25, 0.3) is 0 Å². The van der Waals surface area contributed by atoms with Crippen molar-refractivity contribution >= 4 is 23.2 Å². The molecule has 0 aliphatic rings. The molecule has 27 heavy (non-hydrogen) atoms. The zero-order valence-corrected chi connectivity index (χ0v) is 22.0. The third-order valence-corrected chi connectivity index (χ3v) is 14.8. The molecule has 0 aliphatic carbocycles.